The average Bonchev–Trinajstić information content (AvgIpc) is 3.42. The predicted molar refractivity (Wildman–Crippen MR) is 107 cm³/mol. The topological polar surface area (TPSA) is 91.2 Å². The highest BCUT2D eigenvalue weighted by Crippen LogP contribution is 2.24. The molecule has 7 nitrogen and oxygen atoms in total. The van der Waals surface area contributed by atoms with Crippen LogP contribution in [0.2, 0.25) is 5.02 Å². The van der Waals surface area contributed by atoms with Crippen LogP contribution in [-0.4, -0.2) is 27.1 Å². The van der Waals surface area contributed by atoms with Crippen LogP contribution in [-0.2, 0) is 16.1 Å². The highest BCUT2D eigenvalue weighted by atomic mass is 35.5. The molecule has 0 unspecified atom stereocenters. The molecule has 2 heterocycles. The number of rotatable bonds is 7. The summed E-state index contributed by atoms with van der Waals surface area (Å²) in [4.78, 5) is 12.0. The molecule has 0 spiro atoms. The minimum atomic E-state index is -0.432. The first-order chi connectivity index (χ1) is 14.2. The van der Waals surface area contributed by atoms with Crippen molar-refractivity contribution < 1.29 is 18.5 Å². The number of aromatic nitrogens is 3. The number of halogens is 1. The second-order valence-electron chi connectivity index (χ2n) is 5.87. The summed E-state index contributed by atoms with van der Waals surface area (Å²) in [6.07, 6.45) is 0. The van der Waals surface area contributed by atoms with Gasteiger partial charge in [-0.2, -0.15) is 0 Å². The molecule has 0 fully saturated rings. The van der Waals surface area contributed by atoms with Crippen molar-refractivity contribution in [3.05, 3.63) is 71.4 Å². The molecule has 0 atom stereocenters. The fourth-order valence-corrected chi connectivity index (χ4v) is 3.10. The zero-order valence-corrected chi connectivity index (χ0v) is 16.5. The zero-order valence-electron chi connectivity index (χ0n) is 14.9. The van der Waals surface area contributed by atoms with Crippen molar-refractivity contribution in [1.82, 2.24) is 15.4 Å². The number of esters is 1. The summed E-state index contributed by atoms with van der Waals surface area (Å²) in [5.74, 6) is 0.415. The van der Waals surface area contributed by atoms with Gasteiger partial charge in [0.1, 0.15) is 11.4 Å². The van der Waals surface area contributed by atoms with Gasteiger partial charge in [-0.25, -0.2) is 0 Å². The molecule has 0 amide bonds. The maximum atomic E-state index is 12.0. The van der Waals surface area contributed by atoms with Gasteiger partial charge in [-0.05, 0) is 24.3 Å². The van der Waals surface area contributed by atoms with Crippen molar-refractivity contribution >= 4 is 29.3 Å². The van der Waals surface area contributed by atoms with Crippen molar-refractivity contribution in [3.63, 3.8) is 0 Å². The van der Waals surface area contributed by atoms with E-state index in [4.69, 9.17) is 25.3 Å². The molecule has 0 aliphatic heterocycles. The van der Waals surface area contributed by atoms with Gasteiger partial charge < -0.3 is 13.7 Å². The predicted octanol–water partition coefficient (Wildman–Crippen LogP) is 4.88. The third-order valence-corrected chi connectivity index (χ3v) is 4.86. The van der Waals surface area contributed by atoms with Crippen molar-refractivity contribution in [2.75, 3.05) is 5.75 Å². The molecule has 0 saturated heterocycles. The first-order valence-corrected chi connectivity index (χ1v) is 9.92. The van der Waals surface area contributed by atoms with Crippen molar-refractivity contribution in [2.24, 2.45) is 0 Å². The molecule has 0 bridgehead atoms. The fourth-order valence-electron chi connectivity index (χ4n) is 2.42. The van der Waals surface area contributed by atoms with E-state index in [2.05, 4.69) is 15.4 Å². The van der Waals surface area contributed by atoms with Crippen LogP contribution in [0.5, 0.6) is 0 Å². The Morgan fingerprint density at radius 2 is 1.83 bits per heavy atom. The molecule has 0 radical (unpaired) electrons. The molecule has 0 aliphatic carbocycles. The Balaban J connectivity index is 1.27. The molecule has 0 saturated carbocycles. The lowest BCUT2D eigenvalue weighted by Gasteiger charge is -2.00. The molecule has 4 aromatic rings. The normalized spacial score (nSPS) is 10.8. The van der Waals surface area contributed by atoms with E-state index in [1.54, 1.807) is 30.3 Å². The number of benzene rings is 2. The molecule has 146 valence electrons. The minimum absolute atomic E-state index is 0.000908. The van der Waals surface area contributed by atoms with Gasteiger partial charge in [0.05, 0.1) is 0 Å². The first-order valence-electron chi connectivity index (χ1n) is 8.56. The van der Waals surface area contributed by atoms with Crippen molar-refractivity contribution in [2.45, 2.75) is 11.8 Å². The van der Waals surface area contributed by atoms with E-state index in [1.807, 2.05) is 30.3 Å². The Labute approximate surface area is 175 Å². The summed E-state index contributed by atoms with van der Waals surface area (Å²) >= 11 is 6.96. The van der Waals surface area contributed by atoms with Crippen LogP contribution in [0.4, 0.5) is 0 Å². The van der Waals surface area contributed by atoms with Crippen LogP contribution >= 0.6 is 23.4 Å². The zero-order chi connectivity index (χ0) is 20.1. The quantitative estimate of drug-likeness (QED) is 0.304. The molecule has 0 N–H and O–H groups in total. The highest BCUT2D eigenvalue weighted by molar-refractivity contribution is 7.99. The lowest BCUT2D eigenvalue weighted by molar-refractivity contribution is -0.142. The average molecular weight is 428 g/mol. The van der Waals surface area contributed by atoms with E-state index in [1.165, 1.54) is 0 Å². The van der Waals surface area contributed by atoms with E-state index in [0.717, 1.165) is 22.9 Å². The van der Waals surface area contributed by atoms with E-state index < -0.39 is 5.97 Å². The van der Waals surface area contributed by atoms with Crippen LogP contribution in [0.25, 0.3) is 22.7 Å². The molecule has 4 rings (SSSR count). The number of carbonyl (C=O) groups excluding carboxylic acids is 1. The number of hydrogen-bond acceptors (Lipinski definition) is 8. The van der Waals surface area contributed by atoms with Gasteiger partial charge in [-0.3, -0.25) is 4.79 Å². The Morgan fingerprint density at radius 3 is 2.62 bits per heavy atom. The monoisotopic (exact) mass is 427 g/mol. The molecule has 29 heavy (non-hydrogen) atoms. The van der Waals surface area contributed by atoms with Gasteiger partial charge >= 0.3 is 5.97 Å². The van der Waals surface area contributed by atoms with Gasteiger partial charge in [-0.15, -0.1) is 10.2 Å². The van der Waals surface area contributed by atoms with Crippen molar-refractivity contribution in [1.29, 1.82) is 0 Å². The standard InChI is InChI=1S/C20H14ClN3O4S/c21-15-8-6-14(7-9-15)19-22-23-20(27-19)29-12-18(25)26-11-16-10-17(24-28-16)13-4-2-1-3-5-13/h1-10H,11-12H2. The maximum absolute atomic E-state index is 12.0. The van der Waals surface area contributed by atoms with E-state index in [0.29, 0.717) is 22.4 Å². The molecule has 2 aromatic carbocycles. The van der Waals surface area contributed by atoms with Crippen molar-refractivity contribution in [3.8, 4) is 22.7 Å². The second kappa shape index (κ2) is 8.93. The molecular formula is C20H14ClN3O4S. The molecule has 9 heteroatoms. The smallest absolute Gasteiger partial charge is 0.316 e. The Hall–Kier alpha value is -3.10. The summed E-state index contributed by atoms with van der Waals surface area (Å²) in [6.45, 7) is -0.000908. The van der Waals surface area contributed by atoms with Crippen LogP contribution in [0, 0.1) is 0 Å². The molecule has 2 aromatic heterocycles. The van der Waals surface area contributed by atoms with Gasteiger partial charge in [0.15, 0.2) is 12.4 Å². The van der Waals surface area contributed by atoms with Crippen LogP contribution in [0.15, 0.2) is 74.8 Å². The lowest BCUT2D eigenvalue weighted by Crippen LogP contribution is -2.06. The summed E-state index contributed by atoms with van der Waals surface area (Å²) in [6, 6.07) is 18.4. The van der Waals surface area contributed by atoms with Gasteiger partial charge in [0.2, 0.25) is 5.89 Å². The first kappa shape index (κ1) is 19.2. The van der Waals surface area contributed by atoms with E-state index in [-0.39, 0.29) is 17.6 Å². The lowest BCUT2D eigenvalue weighted by atomic mass is 10.1. The van der Waals surface area contributed by atoms with Gasteiger partial charge in [0.25, 0.3) is 5.22 Å². The number of hydrogen-bond donors (Lipinski definition) is 0. The summed E-state index contributed by atoms with van der Waals surface area (Å²) < 4.78 is 16.0. The Morgan fingerprint density at radius 1 is 1.03 bits per heavy atom. The van der Waals surface area contributed by atoms with Gasteiger partial charge in [0, 0.05) is 22.2 Å². The second-order valence-corrected chi connectivity index (χ2v) is 7.24. The minimum Gasteiger partial charge on any atom is -0.457 e. The third-order valence-electron chi connectivity index (χ3n) is 3.82. The number of thioether (sulfide) groups is 1. The van der Waals surface area contributed by atoms with E-state index in [9.17, 15) is 4.79 Å². The maximum Gasteiger partial charge on any atom is 0.316 e. The fraction of sp³-hybridized carbons (Fsp3) is 0.100. The van der Waals surface area contributed by atoms with E-state index >= 15 is 0 Å². The van der Waals surface area contributed by atoms with Crippen LogP contribution in [0.1, 0.15) is 5.76 Å². The summed E-state index contributed by atoms with van der Waals surface area (Å²) in [5, 5.41) is 12.8. The van der Waals surface area contributed by atoms with Crippen LogP contribution in [0.3, 0.4) is 0 Å². The largest absolute Gasteiger partial charge is 0.457 e. The summed E-state index contributed by atoms with van der Waals surface area (Å²) in [5.41, 5.74) is 2.36. The van der Waals surface area contributed by atoms with Gasteiger partial charge in [-0.1, -0.05) is 58.9 Å². The number of ether oxygens (including phenoxy) is 1. The summed E-state index contributed by atoms with van der Waals surface area (Å²) in [7, 11) is 0. The molecule has 0 aliphatic rings. The highest BCUT2D eigenvalue weighted by Gasteiger charge is 2.13. The SMILES string of the molecule is O=C(CSc1nnc(-c2ccc(Cl)cc2)o1)OCc1cc(-c2ccccc2)no1. The Kier molecular flexibility index (Phi) is 5.92. The number of nitrogens with zero attached hydrogens (tertiary/aromatic N) is 3. The number of carbonyl (C=O) groups is 1. The Bertz CT molecular complexity index is 1100. The third kappa shape index (κ3) is 5.04. The molecular weight excluding hydrogens is 414 g/mol. The van der Waals surface area contributed by atoms with Crippen LogP contribution < -0.4 is 0 Å².